The van der Waals surface area contributed by atoms with Gasteiger partial charge in [0.05, 0.1) is 7.11 Å². The van der Waals surface area contributed by atoms with Crippen molar-refractivity contribution in [2.75, 3.05) is 33.3 Å². The predicted octanol–water partition coefficient (Wildman–Crippen LogP) is 2.66. The number of hydrogen-bond donors (Lipinski definition) is 0. The predicted molar refractivity (Wildman–Crippen MR) is 94.1 cm³/mol. The molecular formula is C19H28N2O3. The van der Waals surface area contributed by atoms with Crippen molar-refractivity contribution in [3.63, 3.8) is 0 Å². The summed E-state index contributed by atoms with van der Waals surface area (Å²) in [6, 6.07) is 7.99. The molecule has 5 heteroatoms. The molecule has 1 aromatic carbocycles. The van der Waals surface area contributed by atoms with Crippen LogP contribution >= 0.6 is 0 Å². The van der Waals surface area contributed by atoms with E-state index in [1.165, 1.54) is 0 Å². The van der Waals surface area contributed by atoms with Crippen LogP contribution in [0, 0.1) is 0 Å². The fourth-order valence-electron chi connectivity index (χ4n) is 3.35. The van der Waals surface area contributed by atoms with E-state index in [2.05, 4.69) is 6.07 Å². The Bertz CT molecular complexity index is 569. The van der Waals surface area contributed by atoms with E-state index in [0.29, 0.717) is 38.4 Å². The van der Waals surface area contributed by atoms with Gasteiger partial charge in [-0.25, -0.2) is 0 Å². The second-order valence-corrected chi connectivity index (χ2v) is 6.13. The number of benzene rings is 1. The number of amides is 2. The van der Waals surface area contributed by atoms with Crippen LogP contribution in [0.4, 0.5) is 0 Å². The monoisotopic (exact) mass is 332 g/mol. The highest BCUT2D eigenvalue weighted by molar-refractivity contribution is 5.84. The molecule has 0 bridgehead atoms. The lowest BCUT2D eigenvalue weighted by molar-refractivity contribution is -0.136. The number of carbonyl (C=O) groups is 2. The van der Waals surface area contributed by atoms with Gasteiger partial charge in [-0.05, 0) is 31.9 Å². The Morgan fingerprint density at radius 3 is 2.58 bits per heavy atom. The molecular weight excluding hydrogens is 304 g/mol. The largest absolute Gasteiger partial charge is 0.496 e. The Balaban J connectivity index is 1.88. The first-order chi connectivity index (χ1) is 11.6. The van der Waals surface area contributed by atoms with E-state index in [-0.39, 0.29) is 11.8 Å². The van der Waals surface area contributed by atoms with Crippen LogP contribution in [0.2, 0.25) is 0 Å². The van der Waals surface area contributed by atoms with Gasteiger partial charge in [-0.1, -0.05) is 18.2 Å². The first-order valence-corrected chi connectivity index (χ1v) is 8.79. The first-order valence-electron chi connectivity index (χ1n) is 8.79. The van der Waals surface area contributed by atoms with Crippen LogP contribution in [-0.2, 0) is 9.59 Å². The highest BCUT2D eigenvalue weighted by Gasteiger charge is 2.29. The van der Waals surface area contributed by atoms with E-state index >= 15 is 0 Å². The molecule has 0 N–H and O–H groups in total. The van der Waals surface area contributed by atoms with E-state index in [1.54, 1.807) is 12.0 Å². The average Bonchev–Trinajstić information content (AvgIpc) is 3.10. The summed E-state index contributed by atoms with van der Waals surface area (Å²) in [4.78, 5) is 28.1. The van der Waals surface area contributed by atoms with E-state index in [0.717, 1.165) is 24.3 Å². The molecule has 0 aromatic heterocycles. The van der Waals surface area contributed by atoms with Crippen LogP contribution in [0.25, 0.3) is 0 Å². The van der Waals surface area contributed by atoms with Crippen molar-refractivity contribution in [2.24, 2.45) is 0 Å². The Morgan fingerprint density at radius 2 is 1.92 bits per heavy atom. The molecule has 1 atom stereocenters. The molecule has 1 unspecified atom stereocenters. The van der Waals surface area contributed by atoms with Gasteiger partial charge in [0.25, 0.3) is 0 Å². The average molecular weight is 332 g/mol. The lowest BCUT2D eigenvalue weighted by atomic mass is 9.97. The van der Waals surface area contributed by atoms with Crippen molar-refractivity contribution in [1.82, 2.24) is 9.80 Å². The summed E-state index contributed by atoms with van der Waals surface area (Å²) in [6.45, 7) is 6.77. The summed E-state index contributed by atoms with van der Waals surface area (Å²) < 4.78 is 5.43. The van der Waals surface area contributed by atoms with Crippen LogP contribution in [0.5, 0.6) is 5.75 Å². The van der Waals surface area contributed by atoms with E-state index < -0.39 is 0 Å². The number of rotatable bonds is 7. The summed E-state index contributed by atoms with van der Waals surface area (Å²) in [7, 11) is 1.68. The molecule has 1 aliphatic rings. The molecule has 2 rings (SSSR count). The summed E-state index contributed by atoms with van der Waals surface area (Å²) in [5.41, 5.74) is 1.16. The number of nitrogens with zero attached hydrogens (tertiary/aromatic N) is 2. The molecule has 0 radical (unpaired) electrons. The van der Waals surface area contributed by atoms with Crippen molar-refractivity contribution < 1.29 is 14.3 Å². The number of methoxy groups -OCH3 is 1. The number of likely N-dealkylation sites (tertiary alicyclic amines) is 1. The normalized spacial score (nSPS) is 17.0. The Hall–Kier alpha value is -2.04. The number of ether oxygens (including phenoxy) is 1. The molecule has 1 aliphatic heterocycles. The van der Waals surface area contributed by atoms with Gasteiger partial charge in [0.2, 0.25) is 11.8 Å². The van der Waals surface area contributed by atoms with Crippen LogP contribution in [0.1, 0.15) is 44.6 Å². The quantitative estimate of drug-likeness (QED) is 0.771. The van der Waals surface area contributed by atoms with Gasteiger partial charge >= 0.3 is 0 Å². The van der Waals surface area contributed by atoms with Gasteiger partial charge in [0, 0.05) is 44.9 Å². The molecule has 132 valence electrons. The van der Waals surface area contributed by atoms with Crippen molar-refractivity contribution in [3.05, 3.63) is 29.8 Å². The molecule has 0 aliphatic carbocycles. The lowest BCUT2D eigenvalue weighted by Crippen LogP contribution is -2.33. The maximum atomic E-state index is 12.4. The summed E-state index contributed by atoms with van der Waals surface area (Å²) in [5.74, 6) is 1.33. The molecule has 0 spiro atoms. The standard InChI is InChI=1S/C19H28N2O3/c1-4-20(5-2)18(22)10-11-19(23)21-13-12-15(14-21)16-8-6-7-9-17(16)24-3/h6-9,15H,4-5,10-14H2,1-3H3. The molecule has 0 saturated carbocycles. The zero-order valence-electron chi connectivity index (χ0n) is 15.0. The summed E-state index contributed by atoms with van der Waals surface area (Å²) >= 11 is 0. The molecule has 1 fully saturated rings. The van der Waals surface area contributed by atoms with Crippen LogP contribution in [-0.4, -0.2) is 54.9 Å². The lowest BCUT2D eigenvalue weighted by Gasteiger charge is -2.20. The Kier molecular flexibility index (Phi) is 6.64. The zero-order valence-corrected chi connectivity index (χ0v) is 15.0. The zero-order chi connectivity index (χ0) is 17.5. The van der Waals surface area contributed by atoms with Crippen molar-refractivity contribution >= 4 is 11.8 Å². The van der Waals surface area contributed by atoms with Crippen LogP contribution < -0.4 is 4.74 Å². The number of hydrogen-bond acceptors (Lipinski definition) is 3. The summed E-state index contributed by atoms with van der Waals surface area (Å²) in [5, 5.41) is 0. The Labute approximate surface area is 144 Å². The first kappa shape index (κ1) is 18.3. The van der Waals surface area contributed by atoms with Gasteiger partial charge in [-0.3, -0.25) is 9.59 Å². The smallest absolute Gasteiger partial charge is 0.223 e. The third-order valence-corrected chi connectivity index (χ3v) is 4.79. The van der Waals surface area contributed by atoms with Gasteiger partial charge in [-0.15, -0.1) is 0 Å². The van der Waals surface area contributed by atoms with Gasteiger partial charge < -0.3 is 14.5 Å². The highest BCUT2D eigenvalue weighted by Crippen LogP contribution is 2.33. The number of para-hydroxylation sites is 1. The second kappa shape index (κ2) is 8.71. The van der Waals surface area contributed by atoms with Crippen molar-refractivity contribution in [2.45, 2.75) is 39.0 Å². The van der Waals surface area contributed by atoms with Crippen LogP contribution in [0.15, 0.2) is 24.3 Å². The van der Waals surface area contributed by atoms with E-state index in [9.17, 15) is 9.59 Å². The molecule has 5 nitrogen and oxygen atoms in total. The minimum atomic E-state index is 0.0637. The third-order valence-electron chi connectivity index (χ3n) is 4.79. The highest BCUT2D eigenvalue weighted by atomic mass is 16.5. The van der Waals surface area contributed by atoms with Crippen molar-refractivity contribution in [1.29, 1.82) is 0 Å². The van der Waals surface area contributed by atoms with E-state index in [1.807, 2.05) is 36.9 Å². The molecule has 1 saturated heterocycles. The maximum absolute atomic E-state index is 12.4. The number of carbonyl (C=O) groups excluding carboxylic acids is 2. The van der Waals surface area contributed by atoms with Crippen LogP contribution in [0.3, 0.4) is 0 Å². The SMILES string of the molecule is CCN(CC)C(=O)CCC(=O)N1CCC(c2ccccc2OC)C1. The second-order valence-electron chi connectivity index (χ2n) is 6.13. The molecule has 2 amide bonds. The van der Waals surface area contributed by atoms with Crippen molar-refractivity contribution in [3.8, 4) is 5.75 Å². The maximum Gasteiger partial charge on any atom is 0.223 e. The third kappa shape index (κ3) is 4.28. The van der Waals surface area contributed by atoms with Gasteiger partial charge in [-0.2, -0.15) is 0 Å². The van der Waals surface area contributed by atoms with Gasteiger partial charge in [0.1, 0.15) is 5.75 Å². The molecule has 24 heavy (non-hydrogen) atoms. The Morgan fingerprint density at radius 1 is 1.21 bits per heavy atom. The van der Waals surface area contributed by atoms with E-state index in [4.69, 9.17) is 4.74 Å². The molecule has 1 heterocycles. The fraction of sp³-hybridized carbons (Fsp3) is 0.579. The molecule has 1 aromatic rings. The topological polar surface area (TPSA) is 49.9 Å². The van der Waals surface area contributed by atoms with Gasteiger partial charge in [0.15, 0.2) is 0 Å². The minimum Gasteiger partial charge on any atom is -0.496 e. The fourth-order valence-corrected chi connectivity index (χ4v) is 3.35. The summed E-state index contributed by atoms with van der Waals surface area (Å²) in [6.07, 6.45) is 1.54. The minimum absolute atomic E-state index is 0.0637.